The highest BCUT2D eigenvalue weighted by atomic mass is 19.2. The van der Waals surface area contributed by atoms with Crippen LogP contribution in [0.3, 0.4) is 0 Å². The Morgan fingerprint density at radius 2 is 1.83 bits per heavy atom. The molecule has 0 fully saturated rings. The van der Waals surface area contributed by atoms with E-state index in [1.165, 1.54) is 6.07 Å². The summed E-state index contributed by atoms with van der Waals surface area (Å²) in [6, 6.07) is 10.5. The third-order valence-electron chi connectivity index (χ3n) is 6.55. The van der Waals surface area contributed by atoms with Gasteiger partial charge in [-0.2, -0.15) is 0 Å². The van der Waals surface area contributed by atoms with Crippen molar-refractivity contribution < 1.29 is 22.7 Å². The first-order chi connectivity index (χ1) is 19.2. The summed E-state index contributed by atoms with van der Waals surface area (Å²) in [5.41, 5.74) is 8.43. The Morgan fingerprint density at radius 3 is 2.49 bits per heavy atom. The number of ether oxygens (including phenoxy) is 1. The Labute approximate surface area is 237 Å². The van der Waals surface area contributed by atoms with Crippen molar-refractivity contribution in [1.29, 1.82) is 0 Å². The molecule has 0 aliphatic heterocycles. The highest BCUT2D eigenvalue weighted by Crippen LogP contribution is 2.34. The number of nitrogens with zero attached hydrogens (tertiary/aromatic N) is 1. The van der Waals surface area contributed by atoms with Gasteiger partial charge < -0.3 is 20.2 Å². The second-order valence-electron chi connectivity index (χ2n) is 11.0. The molecular weight excluding hydrogens is 528 g/mol. The number of hydrogen-bond acceptors (Lipinski definition) is 7. The number of aliphatic imine (C=N–C) groups is 1. The molecule has 3 aromatic carbocycles. The average molecular weight is 562 g/mol. The molecule has 214 valence electrons. The zero-order chi connectivity index (χ0) is 30.2. The Kier molecular flexibility index (Phi) is 8.01. The van der Waals surface area contributed by atoms with Gasteiger partial charge in [-0.05, 0) is 83.5 Å². The lowest BCUT2D eigenvalue weighted by molar-refractivity contribution is 0.00648. The quantitative estimate of drug-likeness (QED) is 0.148. The average Bonchev–Trinajstić information content (AvgIpc) is 2.88. The third kappa shape index (κ3) is 5.99. The largest absolute Gasteiger partial charge is 0.456 e. The van der Waals surface area contributed by atoms with Gasteiger partial charge >= 0.3 is 5.97 Å². The number of esters is 1. The van der Waals surface area contributed by atoms with Crippen LogP contribution in [-0.2, 0) is 4.74 Å². The highest BCUT2D eigenvalue weighted by Gasteiger charge is 2.27. The lowest BCUT2D eigenvalue weighted by atomic mass is 9.98. The van der Waals surface area contributed by atoms with E-state index in [4.69, 9.17) is 14.9 Å². The van der Waals surface area contributed by atoms with Gasteiger partial charge in [0.2, 0.25) is 0 Å². The molecule has 1 heterocycles. The summed E-state index contributed by atoms with van der Waals surface area (Å²) in [6.07, 6.45) is 1.62. The van der Waals surface area contributed by atoms with Crippen LogP contribution < -0.4 is 16.5 Å². The van der Waals surface area contributed by atoms with Crippen molar-refractivity contribution in [2.45, 2.75) is 53.2 Å². The van der Waals surface area contributed by atoms with Gasteiger partial charge in [0.1, 0.15) is 22.5 Å². The fourth-order valence-corrected chi connectivity index (χ4v) is 4.64. The number of nitrogen functional groups attached to an aromatic ring is 1. The van der Waals surface area contributed by atoms with E-state index in [0.29, 0.717) is 44.7 Å². The number of benzene rings is 3. The number of carbonyl (C=O) groups is 1. The molecule has 4 rings (SSSR count). The first-order valence-electron chi connectivity index (χ1n) is 13.1. The van der Waals surface area contributed by atoms with Gasteiger partial charge in [0, 0.05) is 41.2 Å². The number of nitrogens with one attached hydrogen (secondary N) is 1. The smallest absolute Gasteiger partial charge is 0.343 e. The summed E-state index contributed by atoms with van der Waals surface area (Å²) >= 11 is 0. The number of aryl methyl sites for hydroxylation is 1. The standard InChI is InChI=1S/C32H33F2N3O4/c1-16-12-21(18(3)37-25-11-9-23(33)27(34)26(25)31(39)41-32(4,5)6)30-22(13-16)28(38)17(2)29(40-30)19-8-10-24(35)20(14-19)15-36-7/h8-15,18,37H,35H2,1-7H3. The minimum Gasteiger partial charge on any atom is -0.456 e. The van der Waals surface area contributed by atoms with Crippen molar-refractivity contribution in [1.82, 2.24) is 0 Å². The van der Waals surface area contributed by atoms with Crippen LogP contribution in [-0.4, -0.2) is 24.8 Å². The Morgan fingerprint density at radius 1 is 1.12 bits per heavy atom. The predicted octanol–water partition coefficient (Wildman–Crippen LogP) is 7.11. The molecular formula is C32H33F2N3O4. The highest BCUT2D eigenvalue weighted by molar-refractivity contribution is 5.96. The first-order valence-corrected chi connectivity index (χ1v) is 13.1. The number of nitrogens with two attached hydrogens (primary N) is 1. The first kappa shape index (κ1) is 29.5. The van der Waals surface area contributed by atoms with Crippen molar-refractivity contribution in [3.05, 3.63) is 92.1 Å². The number of halogens is 2. The molecule has 0 radical (unpaired) electrons. The molecule has 41 heavy (non-hydrogen) atoms. The summed E-state index contributed by atoms with van der Waals surface area (Å²) in [5.74, 6) is -3.12. The minimum absolute atomic E-state index is 0.0389. The molecule has 1 unspecified atom stereocenters. The van der Waals surface area contributed by atoms with Gasteiger partial charge in [-0.15, -0.1) is 0 Å². The molecule has 1 aromatic heterocycles. The summed E-state index contributed by atoms with van der Waals surface area (Å²) in [6.45, 7) is 10.2. The normalized spacial score (nSPS) is 12.6. The van der Waals surface area contributed by atoms with E-state index in [2.05, 4.69) is 10.3 Å². The summed E-state index contributed by atoms with van der Waals surface area (Å²) in [7, 11) is 1.64. The number of fused-ring (bicyclic) bond motifs is 1. The monoisotopic (exact) mass is 561 g/mol. The molecule has 0 bridgehead atoms. The van der Waals surface area contributed by atoms with Crippen LogP contribution in [0, 0.1) is 25.5 Å². The number of hydrogen-bond donors (Lipinski definition) is 2. The SMILES string of the molecule is CN=Cc1cc(-c2oc3c(C(C)Nc4ccc(F)c(F)c4C(=O)OC(C)(C)C)cc(C)cc3c(=O)c2C)ccc1N. The maximum absolute atomic E-state index is 14.9. The Hall–Kier alpha value is -4.53. The van der Waals surface area contributed by atoms with Crippen LogP contribution in [0.4, 0.5) is 20.2 Å². The number of anilines is 2. The molecule has 7 nitrogen and oxygen atoms in total. The van der Waals surface area contributed by atoms with Crippen LogP contribution in [0.25, 0.3) is 22.3 Å². The molecule has 9 heteroatoms. The number of carbonyl (C=O) groups excluding carboxylic acids is 1. The van der Waals surface area contributed by atoms with E-state index in [1.54, 1.807) is 72.1 Å². The Balaban J connectivity index is 1.87. The van der Waals surface area contributed by atoms with Crippen molar-refractivity contribution in [2.24, 2.45) is 4.99 Å². The summed E-state index contributed by atoms with van der Waals surface area (Å²) in [4.78, 5) is 30.5. The third-order valence-corrected chi connectivity index (χ3v) is 6.55. The Bertz CT molecular complexity index is 1750. The van der Waals surface area contributed by atoms with E-state index >= 15 is 0 Å². The van der Waals surface area contributed by atoms with Crippen LogP contribution in [0.15, 0.2) is 56.7 Å². The van der Waals surface area contributed by atoms with Gasteiger partial charge in [0.05, 0.1) is 17.1 Å². The van der Waals surface area contributed by atoms with E-state index < -0.39 is 34.8 Å². The van der Waals surface area contributed by atoms with Crippen LogP contribution >= 0.6 is 0 Å². The molecule has 0 saturated heterocycles. The zero-order valence-electron chi connectivity index (χ0n) is 24.1. The van der Waals surface area contributed by atoms with Crippen molar-refractivity contribution in [3.63, 3.8) is 0 Å². The van der Waals surface area contributed by atoms with Gasteiger partial charge in [0.25, 0.3) is 0 Å². The zero-order valence-corrected chi connectivity index (χ0v) is 24.1. The lowest BCUT2D eigenvalue weighted by Crippen LogP contribution is -2.26. The van der Waals surface area contributed by atoms with Gasteiger partial charge in [-0.25, -0.2) is 13.6 Å². The summed E-state index contributed by atoms with van der Waals surface area (Å²) in [5, 5.41) is 3.48. The van der Waals surface area contributed by atoms with Crippen molar-refractivity contribution in [2.75, 3.05) is 18.1 Å². The number of rotatable bonds is 6. The molecule has 4 aromatic rings. The van der Waals surface area contributed by atoms with Gasteiger partial charge in [-0.1, -0.05) is 6.07 Å². The molecule has 3 N–H and O–H groups in total. The topological polar surface area (TPSA) is 107 Å². The molecule has 1 atom stereocenters. The van der Waals surface area contributed by atoms with E-state index in [0.717, 1.165) is 11.6 Å². The molecule has 0 spiro atoms. The van der Waals surface area contributed by atoms with E-state index in [1.807, 2.05) is 13.0 Å². The fraction of sp³-hybridized carbons (Fsp3) is 0.281. The van der Waals surface area contributed by atoms with Crippen molar-refractivity contribution >= 4 is 34.5 Å². The maximum Gasteiger partial charge on any atom is 0.343 e. The second-order valence-corrected chi connectivity index (χ2v) is 11.0. The molecule has 0 amide bonds. The lowest BCUT2D eigenvalue weighted by Gasteiger charge is -2.23. The molecule has 0 aliphatic carbocycles. The van der Waals surface area contributed by atoms with Crippen molar-refractivity contribution in [3.8, 4) is 11.3 Å². The van der Waals surface area contributed by atoms with Gasteiger partial charge in [0.15, 0.2) is 17.1 Å². The summed E-state index contributed by atoms with van der Waals surface area (Å²) < 4.78 is 40.9. The van der Waals surface area contributed by atoms with E-state index in [-0.39, 0.29) is 11.1 Å². The second kappa shape index (κ2) is 11.2. The molecule has 0 aliphatic rings. The van der Waals surface area contributed by atoms with Crippen LogP contribution in [0.1, 0.15) is 66.3 Å². The molecule has 0 saturated carbocycles. The fourth-order valence-electron chi connectivity index (χ4n) is 4.64. The van der Waals surface area contributed by atoms with Crippen LogP contribution in [0.2, 0.25) is 0 Å². The van der Waals surface area contributed by atoms with E-state index in [9.17, 15) is 18.4 Å². The maximum atomic E-state index is 14.9. The predicted molar refractivity (Wildman–Crippen MR) is 159 cm³/mol. The van der Waals surface area contributed by atoms with Gasteiger partial charge in [-0.3, -0.25) is 9.79 Å². The minimum atomic E-state index is -1.32. The van der Waals surface area contributed by atoms with Crippen LogP contribution in [0.5, 0.6) is 0 Å².